The quantitative estimate of drug-likeness (QED) is 0.613. The summed E-state index contributed by atoms with van der Waals surface area (Å²) in [5.41, 5.74) is 3.13. The highest BCUT2D eigenvalue weighted by atomic mass is 35.5. The number of hydrogen-bond acceptors (Lipinski definition) is 4. The van der Waals surface area contributed by atoms with Gasteiger partial charge in [0.1, 0.15) is 0 Å². The van der Waals surface area contributed by atoms with E-state index in [1.165, 1.54) is 11.3 Å². The predicted octanol–water partition coefficient (Wildman–Crippen LogP) is 4.11. The third-order valence-electron chi connectivity index (χ3n) is 5.37. The number of amides is 2. The average molecular weight is 443 g/mol. The molecule has 6 nitrogen and oxygen atoms in total. The van der Waals surface area contributed by atoms with Crippen molar-refractivity contribution in [1.29, 1.82) is 0 Å². The van der Waals surface area contributed by atoms with Crippen LogP contribution in [0.2, 0.25) is 5.02 Å². The highest BCUT2D eigenvalue weighted by Crippen LogP contribution is 2.23. The Labute approximate surface area is 184 Å². The molecule has 1 aromatic carbocycles. The molecular formula is C22H23ClN4O2S. The van der Waals surface area contributed by atoms with Crippen LogP contribution in [-0.2, 0) is 0 Å². The van der Waals surface area contributed by atoms with E-state index in [0.717, 1.165) is 26.8 Å². The lowest BCUT2D eigenvalue weighted by molar-refractivity contribution is 0.0538. The summed E-state index contributed by atoms with van der Waals surface area (Å²) in [5, 5.41) is 5.10. The summed E-state index contributed by atoms with van der Waals surface area (Å²) in [6.45, 7) is 7.93. The number of carbonyl (C=O) groups is 2. The number of aryl methyl sites for hydroxylation is 2. The summed E-state index contributed by atoms with van der Waals surface area (Å²) in [6, 6.07) is 11.2. The first-order valence-electron chi connectivity index (χ1n) is 9.82. The molecule has 156 valence electrons. The van der Waals surface area contributed by atoms with Gasteiger partial charge in [-0.2, -0.15) is 5.10 Å². The molecule has 3 aromatic rings. The normalized spacial score (nSPS) is 14.3. The number of carbonyl (C=O) groups excluding carboxylic acids is 2. The lowest BCUT2D eigenvalue weighted by Crippen LogP contribution is -2.50. The maximum Gasteiger partial charge on any atom is 0.264 e. The zero-order valence-electron chi connectivity index (χ0n) is 17.2. The van der Waals surface area contributed by atoms with E-state index in [-0.39, 0.29) is 11.8 Å². The van der Waals surface area contributed by atoms with E-state index in [1.54, 1.807) is 9.58 Å². The number of thiophene rings is 1. The Morgan fingerprint density at radius 1 is 0.900 bits per heavy atom. The molecule has 2 amide bonds. The van der Waals surface area contributed by atoms with Crippen molar-refractivity contribution in [2.75, 3.05) is 26.2 Å². The first-order chi connectivity index (χ1) is 14.3. The number of benzene rings is 1. The van der Waals surface area contributed by atoms with Gasteiger partial charge >= 0.3 is 0 Å². The van der Waals surface area contributed by atoms with Gasteiger partial charge in [0.05, 0.1) is 27.0 Å². The van der Waals surface area contributed by atoms with Crippen LogP contribution in [0.1, 0.15) is 36.3 Å². The molecular weight excluding hydrogens is 420 g/mol. The van der Waals surface area contributed by atoms with Crippen molar-refractivity contribution in [2.24, 2.45) is 0 Å². The molecule has 30 heavy (non-hydrogen) atoms. The van der Waals surface area contributed by atoms with Crippen LogP contribution in [-0.4, -0.2) is 57.6 Å². The minimum atomic E-state index is -0.0213. The third kappa shape index (κ3) is 3.87. The van der Waals surface area contributed by atoms with Gasteiger partial charge in [-0.15, -0.1) is 11.3 Å². The number of nitrogens with zero attached hydrogens (tertiary/aromatic N) is 4. The van der Waals surface area contributed by atoms with Crippen LogP contribution in [0.15, 0.2) is 36.4 Å². The number of piperazine rings is 1. The smallest absolute Gasteiger partial charge is 0.264 e. The summed E-state index contributed by atoms with van der Waals surface area (Å²) in [5.74, 6) is 0.0279. The monoisotopic (exact) mass is 442 g/mol. The van der Waals surface area contributed by atoms with Crippen LogP contribution in [0, 0.1) is 20.8 Å². The van der Waals surface area contributed by atoms with Gasteiger partial charge in [-0.25, -0.2) is 4.68 Å². The fourth-order valence-electron chi connectivity index (χ4n) is 3.62. The second kappa shape index (κ2) is 8.24. The van der Waals surface area contributed by atoms with E-state index >= 15 is 0 Å². The zero-order chi connectivity index (χ0) is 21.4. The number of aromatic nitrogens is 2. The molecule has 0 radical (unpaired) electrons. The molecule has 0 N–H and O–H groups in total. The van der Waals surface area contributed by atoms with Crippen LogP contribution in [0.5, 0.6) is 0 Å². The lowest BCUT2D eigenvalue weighted by atomic mass is 10.1. The summed E-state index contributed by atoms with van der Waals surface area (Å²) < 4.78 is 1.78. The lowest BCUT2D eigenvalue weighted by Gasteiger charge is -2.34. The van der Waals surface area contributed by atoms with Crippen LogP contribution < -0.4 is 0 Å². The van der Waals surface area contributed by atoms with Crippen molar-refractivity contribution in [2.45, 2.75) is 20.8 Å². The maximum atomic E-state index is 12.9. The molecule has 1 aliphatic heterocycles. The molecule has 0 aliphatic carbocycles. The summed E-state index contributed by atoms with van der Waals surface area (Å²) in [4.78, 5) is 31.0. The maximum absolute atomic E-state index is 12.9. The van der Waals surface area contributed by atoms with Gasteiger partial charge < -0.3 is 9.80 Å². The topological polar surface area (TPSA) is 58.4 Å². The molecule has 0 unspecified atom stereocenters. The van der Waals surface area contributed by atoms with E-state index in [1.807, 2.05) is 62.1 Å². The molecule has 4 rings (SSSR count). The Bertz CT molecular complexity index is 1100. The molecule has 1 saturated heterocycles. The van der Waals surface area contributed by atoms with Crippen LogP contribution in [0.25, 0.3) is 5.69 Å². The third-order valence-corrected chi connectivity index (χ3v) is 6.90. The molecule has 0 spiro atoms. The van der Waals surface area contributed by atoms with Gasteiger partial charge in [-0.3, -0.25) is 9.59 Å². The zero-order valence-corrected chi connectivity index (χ0v) is 18.8. The van der Waals surface area contributed by atoms with Gasteiger partial charge in [-0.1, -0.05) is 11.6 Å². The van der Waals surface area contributed by atoms with Crippen LogP contribution in [0.4, 0.5) is 0 Å². The average Bonchev–Trinajstić information content (AvgIpc) is 3.31. The van der Waals surface area contributed by atoms with Crippen LogP contribution >= 0.6 is 22.9 Å². The van der Waals surface area contributed by atoms with Gasteiger partial charge in [0.25, 0.3) is 11.8 Å². The van der Waals surface area contributed by atoms with E-state index in [9.17, 15) is 9.59 Å². The van der Waals surface area contributed by atoms with Crippen LogP contribution in [0.3, 0.4) is 0 Å². The van der Waals surface area contributed by atoms with E-state index < -0.39 is 0 Å². The first-order valence-corrected chi connectivity index (χ1v) is 11.0. The molecule has 0 saturated carbocycles. The Morgan fingerprint density at radius 2 is 1.50 bits per heavy atom. The molecule has 1 fully saturated rings. The van der Waals surface area contributed by atoms with Crippen molar-refractivity contribution < 1.29 is 9.59 Å². The fraction of sp³-hybridized carbons (Fsp3) is 0.318. The molecule has 8 heteroatoms. The molecule has 3 heterocycles. The first kappa shape index (κ1) is 20.6. The SMILES string of the molecule is Cc1ccc(C(=O)N2CCN(C(=O)c3ccc(-n4nc(C)c(Cl)c4C)cc3)CC2)s1. The van der Waals surface area contributed by atoms with Gasteiger partial charge in [-0.05, 0) is 57.2 Å². The second-order valence-electron chi connectivity index (χ2n) is 7.44. The summed E-state index contributed by atoms with van der Waals surface area (Å²) >= 11 is 7.74. The highest BCUT2D eigenvalue weighted by Gasteiger charge is 2.26. The molecule has 1 aliphatic rings. The largest absolute Gasteiger partial charge is 0.335 e. The van der Waals surface area contributed by atoms with Crippen molar-refractivity contribution >= 4 is 34.8 Å². The van der Waals surface area contributed by atoms with Gasteiger partial charge in [0, 0.05) is 36.6 Å². The Kier molecular flexibility index (Phi) is 5.66. The van der Waals surface area contributed by atoms with Crippen molar-refractivity contribution in [1.82, 2.24) is 19.6 Å². The standard InChI is InChI=1S/C22H23ClN4O2S/c1-14-4-9-19(30-14)22(29)26-12-10-25(11-13-26)21(28)17-5-7-18(8-6-17)27-16(3)20(23)15(2)24-27/h4-9H,10-13H2,1-3H3. The van der Waals surface area contributed by atoms with E-state index in [2.05, 4.69) is 5.10 Å². The fourth-order valence-corrected chi connectivity index (χ4v) is 4.57. The van der Waals surface area contributed by atoms with E-state index in [0.29, 0.717) is 36.8 Å². The minimum absolute atomic E-state index is 0.0213. The van der Waals surface area contributed by atoms with Gasteiger partial charge in [0.15, 0.2) is 0 Å². The number of hydrogen-bond donors (Lipinski definition) is 0. The van der Waals surface area contributed by atoms with Crippen molar-refractivity contribution in [3.05, 3.63) is 68.1 Å². The van der Waals surface area contributed by atoms with Crippen molar-refractivity contribution in [3.63, 3.8) is 0 Å². The highest BCUT2D eigenvalue weighted by molar-refractivity contribution is 7.13. The van der Waals surface area contributed by atoms with Crippen molar-refractivity contribution in [3.8, 4) is 5.69 Å². The predicted molar refractivity (Wildman–Crippen MR) is 119 cm³/mol. The molecule has 0 bridgehead atoms. The molecule has 2 aromatic heterocycles. The Morgan fingerprint density at radius 3 is 2.00 bits per heavy atom. The number of rotatable bonds is 3. The Balaban J connectivity index is 1.40. The number of halogens is 1. The second-order valence-corrected chi connectivity index (χ2v) is 9.10. The van der Waals surface area contributed by atoms with Gasteiger partial charge in [0.2, 0.25) is 0 Å². The summed E-state index contributed by atoms with van der Waals surface area (Å²) in [6.07, 6.45) is 0. The van der Waals surface area contributed by atoms with E-state index in [4.69, 9.17) is 11.6 Å². The minimum Gasteiger partial charge on any atom is -0.335 e. The molecule has 0 atom stereocenters. The Hall–Kier alpha value is -2.64. The summed E-state index contributed by atoms with van der Waals surface area (Å²) in [7, 11) is 0.